The zero-order valence-electron chi connectivity index (χ0n) is 13.3. The number of carbonyl (C=O) groups excluding carboxylic acids is 1. The summed E-state index contributed by atoms with van der Waals surface area (Å²) in [5.41, 5.74) is 0.640. The summed E-state index contributed by atoms with van der Waals surface area (Å²) in [6, 6.07) is 6.98. The van der Waals surface area contributed by atoms with Gasteiger partial charge in [-0.15, -0.1) is 0 Å². The number of carbonyl (C=O) groups is 2. The monoisotopic (exact) mass is 379 g/mol. The second-order valence-corrected chi connectivity index (χ2v) is 7.32. The van der Waals surface area contributed by atoms with Gasteiger partial charge in [0, 0.05) is 12.2 Å². The van der Waals surface area contributed by atoms with Crippen LogP contribution in [-0.4, -0.2) is 52.1 Å². The number of carboxylic acids is 1. The van der Waals surface area contributed by atoms with Crippen molar-refractivity contribution in [3.8, 4) is 5.75 Å². The fraction of sp³-hybridized carbons (Fsp3) is 0.353. The average Bonchev–Trinajstić information content (AvgIpc) is 3.18. The van der Waals surface area contributed by atoms with Gasteiger partial charge >= 0.3 is 5.97 Å². The SMILES string of the molecule is O=C(O)COc1ccccc1/C=C1\SC(=S)N(C[C@H]2CCCO2)C1=O. The lowest BCUT2D eigenvalue weighted by Crippen LogP contribution is -2.35. The first kappa shape index (κ1) is 17.9. The Balaban J connectivity index is 1.76. The summed E-state index contributed by atoms with van der Waals surface area (Å²) in [6.45, 7) is 0.758. The van der Waals surface area contributed by atoms with Crippen LogP contribution in [0.4, 0.5) is 0 Å². The Morgan fingerprint density at radius 2 is 2.28 bits per heavy atom. The van der Waals surface area contributed by atoms with E-state index in [1.54, 1.807) is 35.2 Å². The van der Waals surface area contributed by atoms with Gasteiger partial charge in [0.25, 0.3) is 5.91 Å². The fourth-order valence-electron chi connectivity index (χ4n) is 2.66. The Hall–Kier alpha value is -1.90. The fourth-order valence-corrected chi connectivity index (χ4v) is 3.93. The topological polar surface area (TPSA) is 76.1 Å². The molecule has 1 N–H and O–H groups in total. The number of rotatable bonds is 6. The molecule has 2 aliphatic rings. The van der Waals surface area contributed by atoms with Gasteiger partial charge in [0.15, 0.2) is 6.61 Å². The van der Waals surface area contributed by atoms with Crippen LogP contribution < -0.4 is 4.74 Å². The number of ether oxygens (including phenoxy) is 2. The lowest BCUT2D eigenvalue weighted by atomic mass is 10.2. The number of nitrogens with zero attached hydrogens (tertiary/aromatic N) is 1. The first-order chi connectivity index (χ1) is 12.0. The average molecular weight is 379 g/mol. The van der Waals surface area contributed by atoms with Crippen molar-refractivity contribution in [3.63, 3.8) is 0 Å². The maximum absolute atomic E-state index is 12.6. The largest absolute Gasteiger partial charge is 0.481 e. The van der Waals surface area contributed by atoms with Crippen molar-refractivity contribution in [1.29, 1.82) is 0 Å². The molecule has 0 bridgehead atoms. The highest BCUT2D eigenvalue weighted by molar-refractivity contribution is 8.26. The van der Waals surface area contributed by atoms with Crippen LogP contribution in [-0.2, 0) is 14.3 Å². The smallest absolute Gasteiger partial charge is 0.341 e. The molecule has 1 aromatic carbocycles. The Morgan fingerprint density at radius 1 is 1.48 bits per heavy atom. The molecule has 132 valence electrons. The van der Waals surface area contributed by atoms with E-state index < -0.39 is 12.6 Å². The predicted molar refractivity (Wildman–Crippen MR) is 98.4 cm³/mol. The van der Waals surface area contributed by atoms with Crippen molar-refractivity contribution in [2.75, 3.05) is 19.8 Å². The zero-order valence-corrected chi connectivity index (χ0v) is 15.0. The summed E-state index contributed by atoms with van der Waals surface area (Å²) in [6.07, 6.45) is 3.66. The van der Waals surface area contributed by atoms with Crippen LogP contribution >= 0.6 is 24.0 Å². The molecule has 2 aliphatic heterocycles. The Labute approximate surface area is 154 Å². The maximum Gasteiger partial charge on any atom is 0.341 e. The number of para-hydroxylation sites is 1. The van der Waals surface area contributed by atoms with E-state index in [1.165, 1.54) is 11.8 Å². The molecule has 1 amide bonds. The van der Waals surface area contributed by atoms with E-state index in [-0.39, 0.29) is 12.0 Å². The van der Waals surface area contributed by atoms with Crippen LogP contribution in [0.1, 0.15) is 18.4 Å². The van der Waals surface area contributed by atoms with E-state index in [2.05, 4.69) is 0 Å². The Bertz CT molecular complexity index is 728. The molecule has 0 radical (unpaired) electrons. The third-order valence-electron chi connectivity index (χ3n) is 3.84. The molecule has 2 heterocycles. The van der Waals surface area contributed by atoms with Crippen LogP contribution in [0.25, 0.3) is 6.08 Å². The van der Waals surface area contributed by atoms with Crippen molar-refractivity contribution in [2.24, 2.45) is 0 Å². The van der Waals surface area contributed by atoms with Crippen molar-refractivity contribution in [3.05, 3.63) is 34.7 Å². The van der Waals surface area contributed by atoms with Gasteiger partial charge in [0.05, 0.1) is 17.6 Å². The number of benzene rings is 1. The highest BCUT2D eigenvalue weighted by Crippen LogP contribution is 2.35. The zero-order chi connectivity index (χ0) is 17.8. The summed E-state index contributed by atoms with van der Waals surface area (Å²) in [4.78, 5) is 25.4. The quantitative estimate of drug-likeness (QED) is 0.601. The summed E-state index contributed by atoms with van der Waals surface area (Å²) in [5, 5.41) is 8.76. The van der Waals surface area contributed by atoms with Gasteiger partial charge in [-0.1, -0.05) is 42.2 Å². The normalized spacial score (nSPS) is 22.0. The molecule has 3 rings (SSSR count). The van der Waals surface area contributed by atoms with E-state index in [0.29, 0.717) is 27.1 Å². The minimum absolute atomic E-state index is 0.0352. The Kier molecular flexibility index (Phi) is 5.72. The summed E-state index contributed by atoms with van der Waals surface area (Å²) in [5.74, 6) is -0.800. The van der Waals surface area contributed by atoms with Gasteiger partial charge in [-0.25, -0.2) is 4.79 Å². The first-order valence-corrected chi connectivity index (χ1v) is 9.07. The van der Waals surface area contributed by atoms with E-state index in [4.69, 9.17) is 26.8 Å². The summed E-state index contributed by atoms with van der Waals surface area (Å²) >= 11 is 6.56. The standard InChI is InChI=1S/C17H17NO5S2/c19-15(20)10-23-13-6-2-1-4-11(13)8-14-16(21)18(17(24)25-14)9-12-5-3-7-22-12/h1-2,4,6,8,12H,3,5,7,9-10H2,(H,19,20)/b14-8-/t12-/m1/s1. The second-order valence-electron chi connectivity index (χ2n) is 5.65. The number of thioether (sulfide) groups is 1. The third kappa shape index (κ3) is 4.39. The molecule has 6 nitrogen and oxygen atoms in total. The third-order valence-corrected chi connectivity index (χ3v) is 5.22. The van der Waals surface area contributed by atoms with Crippen LogP contribution in [0, 0.1) is 0 Å². The number of carboxylic acid groups (broad SMARTS) is 1. The molecule has 8 heteroatoms. The van der Waals surface area contributed by atoms with E-state index in [1.807, 2.05) is 0 Å². The van der Waals surface area contributed by atoms with Crippen LogP contribution in [0.2, 0.25) is 0 Å². The van der Waals surface area contributed by atoms with Crippen LogP contribution in [0.15, 0.2) is 29.2 Å². The molecule has 1 atom stereocenters. The molecule has 25 heavy (non-hydrogen) atoms. The summed E-state index contributed by atoms with van der Waals surface area (Å²) < 4.78 is 11.4. The number of aliphatic carboxylic acids is 1. The van der Waals surface area contributed by atoms with Gasteiger partial charge in [0.2, 0.25) is 0 Å². The molecule has 2 saturated heterocycles. The number of thiocarbonyl (C=S) groups is 1. The van der Waals surface area contributed by atoms with Gasteiger partial charge in [0.1, 0.15) is 10.1 Å². The number of hydrogen-bond donors (Lipinski definition) is 1. The molecular weight excluding hydrogens is 362 g/mol. The number of amides is 1. The molecule has 1 aromatic rings. The van der Waals surface area contributed by atoms with E-state index in [9.17, 15) is 9.59 Å². The van der Waals surface area contributed by atoms with Gasteiger partial charge in [-0.05, 0) is 25.0 Å². The second kappa shape index (κ2) is 7.99. The van der Waals surface area contributed by atoms with Crippen molar-refractivity contribution in [2.45, 2.75) is 18.9 Å². The van der Waals surface area contributed by atoms with E-state index >= 15 is 0 Å². The van der Waals surface area contributed by atoms with Gasteiger partial charge in [-0.3, -0.25) is 9.69 Å². The maximum atomic E-state index is 12.6. The number of hydrogen-bond acceptors (Lipinski definition) is 6. The van der Waals surface area contributed by atoms with E-state index in [0.717, 1.165) is 19.4 Å². The lowest BCUT2D eigenvalue weighted by Gasteiger charge is -2.18. The molecular formula is C17H17NO5S2. The molecule has 0 aliphatic carbocycles. The van der Waals surface area contributed by atoms with Crippen LogP contribution in [0.3, 0.4) is 0 Å². The molecule has 0 spiro atoms. The van der Waals surface area contributed by atoms with Crippen LogP contribution in [0.5, 0.6) is 5.75 Å². The minimum Gasteiger partial charge on any atom is -0.481 e. The summed E-state index contributed by atoms with van der Waals surface area (Å²) in [7, 11) is 0. The van der Waals surface area contributed by atoms with Gasteiger partial charge in [-0.2, -0.15) is 0 Å². The van der Waals surface area contributed by atoms with Gasteiger partial charge < -0.3 is 14.6 Å². The first-order valence-electron chi connectivity index (χ1n) is 7.85. The van der Waals surface area contributed by atoms with Crippen molar-refractivity contribution in [1.82, 2.24) is 4.90 Å². The minimum atomic E-state index is -1.06. The van der Waals surface area contributed by atoms with Crippen molar-refractivity contribution >= 4 is 46.3 Å². The molecule has 0 aromatic heterocycles. The van der Waals surface area contributed by atoms with Crippen molar-refractivity contribution < 1.29 is 24.2 Å². The predicted octanol–water partition coefficient (Wildman–Crippen LogP) is 2.53. The molecule has 0 unspecified atom stereocenters. The lowest BCUT2D eigenvalue weighted by molar-refractivity contribution is -0.139. The highest BCUT2D eigenvalue weighted by Gasteiger charge is 2.34. The molecule has 0 saturated carbocycles. The highest BCUT2D eigenvalue weighted by atomic mass is 32.2. The molecule has 2 fully saturated rings. The Morgan fingerprint density at radius 3 is 3.00 bits per heavy atom.